The van der Waals surface area contributed by atoms with Crippen LogP contribution in [0, 0.1) is 0 Å². The first-order chi connectivity index (χ1) is 11.6. The normalized spacial score (nSPS) is 11.4. The third-order valence-corrected chi connectivity index (χ3v) is 5.39. The first-order valence-corrected chi connectivity index (χ1v) is 8.96. The van der Waals surface area contributed by atoms with Crippen molar-refractivity contribution in [1.29, 1.82) is 0 Å². The molecule has 5 nitrogen and oxygen atoms in total. The van der Waals surface area contributed by atoms with Crippen molar-refractivity contribution in [2.45, 2.75) is 16.7 Å². The van der Waals surface area contributed by atoms with E-state index in [1.165, 1.54) is 13.2 Å². The fraction of sp³-hybridized carbons (Fsp3) is 0.167. The Balaban J connectivity index is 2.30. The molecule has 0 aliphatic carbocycles. The lowest BCUT2D eigenvalue weighted by molar-refractivity contribution is 0.340. The Bertz CT molecular complexity index is 969. The highest BCUT2D eigenvalue weighted by atomic mass is 32.2. The number of ether oxygens (including phenoxy) is 2. The van der Waals surface area contributed by atoms with Crippen molar-refractivity contribution in [3.63, 3.8) is 0 Å². The highest BCUT2D eigenvalue weighted by Gasteiger charge is 2.22. The maximum atomic E-state index is 13.1. The smallest absolute Gasteiger partial charge is 0.214 e. The molecule has 0 radical (unpaired) electrons. The van der Waals surface area contributed by atoms with Gasteiger partial charge < -0.3 is 9.47 Å². The summed E-state index contributed by atoms with van der Waals surface area (Å²) in [5.74, 6) is 0.850. The lowest BCUT2D eigenvalue weighted by Gasteiger charge is -2.11. The summed E-state index contributed by atoms with van der Waals surface area (Å²) in [7, 11) is -2.25. The molecular weight excluding hydrogens is 326 g/mol. The van der Waals surface area contributed by atoms with E-state index < -0.39 is 9.84 Å². The topological polar surface area (TPSA) is 65.5 Å². The number of benzene rings is 2. The molecule has 0 N–H and O–H groups in total. The van der Waals surface area contributed by atoms with Gasteiger partial charge in [-0.2, -0.15) is 0 Å². The summed E-state index contributed by atoms with van der Waals surface area (Å²) in [6.45, 7) is 2.37. The van der Waals surface area contributed by atoms with Gasteiger partial charge in [0.15, 0.2) is 0 Å². The first-order valence-electron chi connectivity index (χ1n) is 7.48. The van der Waals surface area contributed by atoms with Gasteiger partial charge in [-0.05, 0) is 37.3 Å². The van der Waals surface area contributed by atoms with Gasteiger partial charge in [0, 0.05) is 11.5 Å². The molecule has 24 heavy (non-hydrogen) atoms. The predicted molar refractivity (Wildman–Crippen MR) is 91.4 cm³/mol. The van der Waals surface area contributed by atoms with Crippen LogP contribution in [0.4, 0.5) is 0 Å². The Morgan fingerprint density at radius 2 is 1.79 bits per heavy atom. The van der Waals surface area contributed by atoms with Crippen molar-refractivity contribution in [3.05, 3.63) is 54.6 Å². The van der Waals surface area contributed by atoms with Crippen molar-refractivity contribution < 1.29 is 17.9 Å². The molecule has 0 saturated heterocycles. The minimum absolute atomic E-state index is 0.150. The minimum atomic E-state index is -3.71. The summed E-state index contributed by atoms with van der Waals surface area (Å²) in [5.41, 5.74) is 0.535. The third kappa shape index (κ3) is 2.92. The number of hydrogen-bond acceptors (Lipinski definition) is 5. The van der Waals surface area contributed by atoms with Gasteiger partial charge in [0.2, 0.25) is 15.7 Å². The highest BCUT2D eigenvalue weighted by Crippen LogP contribution is 2.32. The number of methoxy groups -OCH3 is 1. The van der Waals surface area contributed by atoms with Gasteiger partial charge in [-0.1, -0.05) is 18.2 Å². The van der Waals surface area contributed by atoms with E-state index >= 15 is 0 Å². The van der Waals surface area contributed by atoms with Crippen molar-refractivity contribution in [2.75, 3.05) is 13.7 Å². The molecule has 0 spiro atoms. The Kier molecular flexibility index (Phi) is 4.40. The molecule has 0 atom stereocenters. The predicted octanol–water partition coefficient (Wildman–Crippen LogP) is 3.47. The largest absolute Gasteiger partial charge is 0.494 e. The van der Waals surface area contributed by atoms with E-state index in [1.54, 1.807) is 48.5 Å². The Morgan fingerprint density at radius 1 is 1.04 bits per heavy atom. The molecule has 0 amide bonds. The molecule has 0 unspecified atom stereocenters. The number of aromatic nitrogens is 1. The summed E-state index contributed by atoms with van der Waals surface area (Å²) < 4.78 is 36.8. The second-order valence-electron chi connectivity index (χ2n) is 5.09. The second-order valence-corrected chi connectivity index (χ2v) is 7.01. The molecule has 0 bridgehead atoms. The molecule has 0 saturated carbocycles. The van der Waals surface area contributed by atoms with Gasteiger partial charge in [0.25, 0.3) is 0 Å². The highest BCUT2D eigenvalue weighted by molar-refractivity contribution is 7.91. The van der Waals surface area contributed by atoms with Gasteiger partial charge in [-0.3, -0.25) is 0 Å². The summed E-state index contributed by atoms with van der Waals surface area (Å²) >= 11 is 0. The number of hydrogen-bond donors (Lipinski definition) is 0. The maximum absolute atomic E-state index is 13.1. The molecule has 3 aromatic rings. The number of pyridine rings is 1. The fourth-order valence-electron chi connectivity index (χ4n) is 2.46. The zero-order valence-electron chi connectivity index (χ0n) is 13.4. The molecule has 6 heteroatoms. The lowest BCUT2D eigenvalue weighted by Crippen LogP contribution is -2.04. The zero-order chi connectivity index (χ0) is 17.2. The molecule has 1 heterocycles. The summed E-state index contributed by atoms with van der Waals surface area (Å²) in [5, 5.41) is 0.505. The van der Waals surface area contributed by atoms with E-state index in [1.807, 2.05) is 6.92 Å². The van der Waals surface area contributed by atoms with Gasteiger partial charge in [0.1, 0.15) is 5.75 Å². The number of rotatable bonds is 5. The molecule has 3 rings (SSSR count). The Labute approximate surface area is 140 Å². The first kappa shape index (κ1) is 16.3. The van der Waals surface area contributed by atoms with Crippen LogP contribution < -0.4 is 9.47 Å². The van der Waals surface area contributed by atoms with E-state index in [9.17, 15) is 8.42 Å². The van der Waals surface area contributed by atoms with Crippen molar-refractivity contribution in [3.8, 4) is 11.6 Å². The second kappa shape index (κ2) is 6.49. The molecule has 0 aliphatic rings. The quantitative estimate of drug-likeness (QED) is 0.710. The van der Waals surface area contributed by atoms with E-state index in [0.29, 0.717) is 23.3 Å². The maximum Gasteiger partial charge on any atom is 0.214 e. The Hall–Kier alpha value is -2.60. The monoisotopic (exact) mass is 343 g/mol. The van der Waals surface area contributed by atoms with Crippen LogP contribution in [-0.2, 0) is 9.84 Å². The van der Waals surface area contributed by atoms with E-state index in [2.05, 4.69) is 4.98 Å². The van der Waals surface area contributed by atoms with Crippen LogP contribution in [0.3, 0.4) is 0 Å². The van der Waals surface area contributed by atoms with E-state index in [0.717, 1.165) is 0 Å². The molecular formula is C18H17NO4S. The zero-order valence-corrected chi connectivity index (χ0v) is 14.2. The molecule has 2 aromatic carbocycles. The number of nitrogens with zero attached hydrogens (tertiary/aromatic N) is 1. The lowest BCUT2D eigenvalue weighted by atomic mass is 10.2. The SMILES string of the molecule is CCOc1ccc2nc(OC)cc(S(=O)(=O)c3ccccc3)c2c1. The van der Waals surface area contributed by atoms with Crippen molar-refractivity contribution in [2.24, 2.45) is 0 Å². The summed E-state index contributed by atoms with van der Waals surface area (Å²) in [4.78, 5) is 4.69. The Morgan fingerprint density at radius 3 is 2.46 bits per heavy atom. The summed E-state index contributed by atoms with van der Waals surface area (Å²) in [6, 6.07) is 14.9. The standard InChI is InChI=1S/C18H17NO4S/c1-3-23-13-9-10-16-15(11-13)17(12-18(19-16)22-2)24(20,21)14-7-5-4-6-8-14/h4-12H,3H2,1-2H3. The van der Waals surface area contributed by atoms with Crippen LogP contribution >= 0.6 is 0 Å². The summed E-state index contributed by atoms with van der Waals surface area (Å²) in [6.07, 6.45) is 0. The minimum Gasteiger partial charge on any atom is -0.494 e. The van der Waals surface area contributed by atoms with Crippen LogP contribution in [0.5, 0.6) is 11.6 Å². The van der Waals surface area contributed by atoms with Gasteiger partial charge in [0.05, 0.1) is 29.0 Å². The van der Waals surface area contributed by atoms with Gasteiger partial charge >= 0.3 is 0 Å². The van der Waals surface area contributed by atoms with E-state index in [4.69, 9.17) is 9.47 Å². The molecule has 1 aromatic heterocycles. The van der Waals surface area contributed by atoms with E-state index in [-0.39, 0.29) is 15.7 Å². The average Bonchev–Trinajstić information content (AvgIpc) is 2.61. The molecule has 0 fully saturated rings. The van der Waals surface area contributed by atoms with Crippen LogP contribution in [0.1, 0.15) is 6.92 Å². The number of fused-ring (bicyclic) bond motifs is 1. The molecule has 0 aliphatic heterocycles. The molecule has 124 valence electrons. The van der Waals surface area contributed by atoms with Crippen LogP contribution in [-0.4, -0.2) is 27.1 Å². The average molecular weight is 343 g/mol. The number of sulfone groups is 1. The van der Waals surface area contributed by atoms with Crippen molar-refractivity contribution in [1.82, 2.24) is 4.98 Å². The van der Waals surface area contributed by atoms with Crippen LogP contribution in [0.2, 0.25) is 0 Å². The van der Waals surface area contributed by atoms with Gasteiger partial charge in [-0.15, -0.1) is 0 Å². The third-order valence-electron chi connectivity index (χ3n) is 3.58. The van der Waals surface area contributed by atoms with Crippen LogP contribution in [0.25, 0.3) is 10.9 Å². The fourth-order valence-corrected chi connectivity index (χ4v) is 3.94. The van der Waals surface area contributed by atoms with Crippen LogP contribution in [0.15, 0.2) is 64.4 Å². The van der Waals surface area contributed by atoms with Gasteiger partial charge in [-0.25, -0.2) is 13.4 Å². The van der Waals surface area contributed by atoms with Crippen molar-refractivity contribution >= 4 is 20.7 Å².